The van der Waals surface area contributed by atoms with E-state index in [1.807, 2.05) is 6.07 Å². The Kier molecular flexibility index (Phi) is 7.70. The molecule has 2 aromatic carbocycles. The molecule has 0 aliphatic carbocycles. The number of anilines is 1. The minimum atomic E-state index is -0.562. The summed E-state index contributed by atoms with van der Waals surface area (Å²) in [6.07, 6.45) is 3.48. The zero-order chi connectivity index (χ0) is 22.9. The minimum Gasteiger partial charge on any atom is -0.495 e. The van der Waals surface area contributed by atoms with Crippen LogP contribution in [0.2, 0.25) is 0 Å². The SMILES string of the molecule is COc1ccccc1NC(=O)/C(C#N)=C/c1ccc(OCC(=O)N2CCCC2)c(OC)c1. The standard InChI is InChI=1S/C24H25N3O5/c1-30-20-8-4-3-7-19(20)26-24(29)18(15-25)13-17-9-10-21(22(14-17)31-2)32-16-23(28)27-11-5-6-12-27/h3-4,7-10,13-14H,5-6,11-12,16H2,1-2H3,(H,26,29)/b18-13+. The predicted molar refractivity (Wildman–Crippen MR) is 120 cm³/mol. The molecular weight excluding hydrogens is 410 g/mol. The average molecular weight is 435 g/mol. The molecule has 166 valence electrons. The Bertz CT molecular complexity index is 1050. The van der Waals surface area contributed by atoms with Crippen molar-refractivity contribution in [1.29, 1.82) is 5.26 Å². The van der Waals surface area contributed by atoms with Gasteiger partial charge in [0, 0.05) is 13.1 Å². The predicted octanol–water partition coefficient (Wildman–Crippen LogP) is 3.25. The molecule has 1 aliphatic heterocycles. The van der Waals surface area contributed by atoms with Gasteiger partial charge in [-0.25, -0.2) is 0 Å². The number of para-hydroxylation sites is 2. The number of hydrogen-bond acceptors (Lipinski definition) is 6. The van der Waals surface area contributed by atoms with E-state index in [-0.39, 0.29) is 18.1 Å². The lowest BCUT2D eigenvalue weighted by Crippen LogP contribution is -2.32. The summed E-state index contributed by atoms with van der Waals surface area (Å²) in [6, 6.07) is 13.8. The van der Waals surface area contributed by atoms with Crippen LogP contribution in [0, 0.1) is 11.3 Å². The number of amides is 2. The molecule has 1 aliphatic rings. The summed E-state index contributed by atoms with van der Waals surface area (Å²) < 4.78 is 16.2. The highest BCUT2D eigenvalue weighted by molar-refractivity contribution is 6.10. The average Bonchev–Trinajstić information content (AvgIpc) is 3.36. The maximum atomic E-state index is 12.6. The van der Waals surface area contributed by atoms with Gasteiger partial charge >= 0.3 is 0 Å². The number of methoxy groups -OCH3 is 2. The molecule has 1 saturated heterocycles. The third-order valence-corrected chi connectivity index (χ3v) is 5.03. The second-order valence-corrected chi connectivity index (χ2v) is 7.11. The van der Waals surface area contributed by atoms with E-state index in [1.54, 1.807) is 47.4 Å². The van der Waals surface area contributed by atoms with Crippen LogP contribution in [0.25, 0.3) is 6.08 Å². The van der Waals surface area contributed by atoms with Crippen molar-refractivity contribution in [3.8, 4) is 23.3 Å². The number of rotatable bonds is 8. The number of nitriles is 1. The lowest BCUT2D eigenvalue weighted by atomic mass is 10.1. The van der Waals surface area contributed by atoms with E-state index in [4.69, 9.17) is 14.2 Å². The lowest BCUT2D eigenvalue weighted by molar-refractivity contribution is -0.132. The molecule has 0 bridgehead atoms. The Morgan fingerprint density at radius 3 is 2.47 bits per heavy atom. The summed E-state index contributed by atoms with van der Waals surface area (Å²) >= 11 is 0. The summed E-state index contributed by atoms with van der Waals surface area (Å²) in [7, 11) is 2.98. The highest BCUT2D eigenvalue weighted by Gasteiger charge is 2.19. The molecule has 0 atom stereocenters. The molecule has 0 spiro atoms. The van der Waals surface area contributed by atoms with Crippen molar-refractivity contribution in [3.05, 3.63) is 53.6 Å². The van der Waals surface area contributed by atoms with E-state index in [0.29, 0.717) is 28.5 Å². The van der Waals surface area contributed by atoms with Gasteiger partial charge in [-0.2, -0.15) is 5.26 Å². The van der Waals surface area contributed by atoms with Crippen LogP contribution >= 0.6 is 0 Å². The molecule has 1 fully saturated rings. The normalized spacial score (nSPS) is 13.3. The van der Waals surface area contributed by atoms with Gasteiger partial charge in [0.25, 0.3) is 11.8 Å². The first-order valence-electron chi connectivity index (χ1n) is 10.2. The summed E-state index contributed by atoms with van der Waals surface area (Å²) in [6.45, 7) is 1.45. The van der Waals surface area contributed by atoms with Crippen LogP contribution in [0.3, 0.4) is 0 Å². The highest BCUT2D eigenvalue weighted by atomic mass is 16.5. The van der Waals surface area contributed by atoms with Crippen LogP contribution in [0.4, 0.5) is 5.69 Å². The van der Waals surface area contributed by atoms with Gasteiger partial charge in [-0.05, 0) is 48.7 Å². The molecule has 1 N–H and O–H groups in total. The van der Waals surface area contributed by atoms with Crippen molar-refractivity contribution in [2.75, 3.05) is 39.2 Å². The summed E-state index contributed by atoms with van der Waals surface area (Å²) in [5, 5.41) is 12.2. The first kappa shape index (κ1) is 22.7. The van der Waals surface area contributed by atoms with E-state index in [2.05, 4.69) is 5.32 Å². The van der Waals surface area contributed by atoms with E-state index in [1.165, 1.54) is 20.3 Å². The van der Waals surface area contributed by atoms with Crippen LogP contribution in [0.1, 0.15) is 18.4 Å². The number of hydrogen-bond donors (Lipinski definition) is 1. The fourth-order valence-corrected chi connectivity index (χ4v) is 3.34. The number of nitrogens with zero attached hydrogens (tertiary/aromatic N) is 2. The largest absolute Gasteiger partial charge is 0.495 e. The van der Waals surface area contributed by atoms with Crippen LogP contribution in [-0.2, 0) is 9.59 Å². The van der Waals surface area contributed by atoms with Gasteiger partial charge in [0.15, 0.2) is 18.1 Å². The number of ether oxygens (including phenoxy) is 3. The zero-order valence-corrected chi connectivity index (χ0v) is 18.1. The molecule has 2 aromatic rings. The van der Waals surface area contributed by atoms with Crippen molar-refractivity contribution in [1.82, 2.24) is 4.90 Å². The first-order chi connectivity index (χ1) is 15.5. The third-order valence-electron chi connectivity index (χ3n) is 5.03. The Labute approximate surface area is 187 Å². The van der Waals surface area contributed by atoms with Gasteiger partial charge in [0.1, 0.15) is 17.4 Å². The van der Waals surface area contributed by atoms with Crippen LogP contribution in [0.5, 0.6) is 17.2 Å². The quantitative estimate of drug-likeness (QED) is 0.505. The molecule has 32 heavy (non-hydrogen) atoms. The van der Waals surface area contributed by atoms with Gasteiger partial charge in [0.2, 0.25) is 0 Å². The Balaban J connectivity index is 1.72. The number of nitrogens with one attached hydrogen (secondary N) is 1. The maximum Gasteiger partial charge on any atom is 0.266 e. The number of benzene rings is 2. The second kappa shape index (κ2) is 10.9. The molecule has 8 nitrogen and oxygen atoms in total. The van der Waals surface area contributed by atoms with E-state index < -0.39 is 5.91 Å². The van der Waals surface area contributed by atoms with Gasteiger partial charge < -0.3 is 24.4 Å². The molecule has 0 saturated carbocycles. The van der Waals surface area contributed by atoms with Crippen molar-refractivity contribution < 1.29 is 23.8 Å². The number of carbonyl (C=O) groups excluding carboxylic acids is 2. The van der Waals surface area contributed by atoms with Crippen LogP contribution < -0.4 is 19.5 Å². The number of carbonyl (C=O) groups is 2. The van der Waals surface area contributed by atoms with Gasteiger partial charge in [-0.3, -0.25) is 9.59 Å². The second-order valence-electron chi connectivity index (χ2n) is 7.11. The van der Waals surface area contributed by atoms with E-state index in [0.717, 1.165) is 25.9 Å². The topological polar surface area (TPSA) is 101 Å². The Morgan fingerprint density at radius 2 is 1.78 bits per heavy atom. The van der Waals surface area contributed by atoms with Crippen LogP contribution in [0.15, 0.2) is 48.0 Å². The fraction of sp³-hybridized carbons (Fsp3) is 0.292. The Morgan fingerprint density at radius 1 is 1.06 bits per heavy atom. The zero-order valence-electron chi connectivity index (χ0n) is 18.1. The third kappa shape index (κ3) is 5.58. The van der Waals surface area contributed by atoms with Gasteiger partial charge in [-0.15, -0.1) is 0 Å². The monoisotopic (exact) mass is 435 g/mol. The van der Waals surface area contributed by atoms with Crippen molar-refractivity contribution >= 4 is 23.6 Å². The summed E-state index contributed by atoms with van der Waals surface area (Å²) in [5.41, 5.74) is 0.952. The van der Waals surface area contributed by atoms with Crippen molar-refractivity contribution in [2.24, 2.45) is 0 Å². The Hall–Kier alpha value is -3.99. The van der Waals surface area contributed by atoms with E-state index in [9.17, 15) is 14.9 Å². The molecule has 2 amide bonds. The lowest BCUT2D eigenvalue weighted by Gasteiger charge is -2.16. The molecule has 0 aromatic heterocycles. The molecule has 0 radical (unpaired) electrons. The molecule has 0 unspecified atom stereocenters. The first-order valence-corrected chi connectivity index (χ1v) is 10.2. The van der Waals surface area contributed by atoms with Crippen LogP contribution in [-0.4, -0.2) is 50.6 Å². The fourth-order valence-electron chi connectivity index (χ4n) is 3.34. The number of likely N-dealkylation sites (tertiary alicyclic amines) is 1. The summed E-state index contributed by atoms with van der Waals surface area (Å²) in [4.78, 5) is 26.6. The van der Waals surface area contributed by atoms with Crippen molar-refractivity contribution in [2.45, 2.75) is 12.8 Å². The smallest absolute Gasteiger partial charge is 0.266 e. The van der Waals surface area contributed by atoms with Gasteiger partial charge in [-0.1, -0.05) is 18.2 Å². The maximum absolute atomic E-state index is 12.6. The highest BCUT2D eigenvalue weighted by Crippen LogP contribution is 2.29. The minimum absolute atomic E-state index is 0.0618. The summed E-state index contributed by atoms with van der Waals surface area (Å²) in [5.74, 6) is 0.676. The van der Waals surface area contributed by atoms with Crippen molar-refractivity contribution in [3.63, 3.8) is 0 Å². The van der Waals surface area contributed by atoms with E-state index >= 15 is 0 Å². The molecule has 3 rings (SSSR count). The molecule has 1 heterocycles. The molecular formula is C24H25N3O5. The van der Waals surface area contributed by atoms with Gasteiger partial charge in [0.05, 0.1) is 19.9 Å². The molecule has 8 heteroatoms.